The molecule has 0 saturated heterocycles. The smallest absolute Gasteiger partial charge is 0.265 e. The first-order chi connectivity index (χ1) is 8.49. The molecule has 0 aliphatic carbocycles. The average Bonchev–Trinajstić information content (AvgIpc) is 2.33. The van der Waals surface area contributed by atoms with Gasteiger partial charge in [0, 0.05) is 17.1 Å². The molecular formula is C12H12BrF2NO2. The van der Waals surface area contributed by atoms with Crippen molar-refractivity contribution in [3.63, 3.8) is 0 Å². The van der Waals surface area contributed by atoms with Gasteiger partial charge in [0.2, 0.25) is 5.91 Å². The van der Waals surface area contributed by atoms with Gasteiger partial charge in [-0.1, -0.05) is 28.1 Å². The van der Waals surface area contributed by atoms with Crippen LogP contribution in [0.15, 0.2) is 34.8 Å². The molecule has 0 heterocycles. The molecule has 6 heteroatoms. The second-order valence-corrected chi connectivity index (χ2v) is 4.45. The first kappa shape index (κ1) is 14.8. The van der Waals surface area contributed by atoms with Gasteiger partial charge in [0.15, 0.2) is 0 Å². The summed E-state index contributed by atoms with van der Waals surface area (Å²) in [5.41, 5.74) is 0.800. The Morgan fingerprint density at radius 2 is 2.22 bits per heavy atom. The number of aliphatic hydroxyl groups excluding tert-OH is 1. The highest BCUT2D eigenvalue weighted by Crippen LogP contribution is 2.12. The molecule has 98 valence electrons. The average molecular weight is 320 g/mol. The summed E-state index contributed by atoms with van der Waals surface area (Å²) >= 11 is 3.28. The largest absolute Gasteiger partial charge is 0.385 e. The van der Waals surface area contributed by atoms with Crippen molar-refractivity contribution in [3.8, 4) is 0 Å². The van der Waals surface area contributed by atoms with Gasteiger partial charge < -0.3 is 10.4 Å². The van der Waals surface area contributed by atoms with E-state index in [0.29, 0.717) is 0 Å². The number of amides is 1. The number of rotatable bonds is 5. The van der Waals surface area contributed by atoms with Crippen molar-refractivity contribution in [2.75, 3.05) is 6.54 Å². The van der Waals surface area contributed by atoms with E-state index >= 15 is 0 Å². The van der Waals surface area contributed by atoms with E-state index < -0.39 is 25.0 Å². The van der Waals surface area contributed by atoms with Crippen LogP contribution in [0.2, 0.25) is 0 Å². The molecule has 0 aliphatic heterocycles. The highest BCUT2D eigenvalue weighted by molar-refractivity contribution is 9.10. The van der Waals surface area contributed by atoms with Crippen LogP contribution in [-0.4, -0.2) is 30.1 Å². The van der Waals surface area contributed by atoms with Crippen LogP contribution in [0.5, 0.6) is 0 Å². The lowest BCUT2D eigenvalue weighted by atomic mass is 10.2. The molecule has 0 spiro atoms. The number of halogens is 3. The second-order valence-electron chi connectivity index (χ2n) is 3.54. The molecule has 3 nitrogen and oxygen atoms in total. The van der Waals surface area contributed by atoms with E-state index in [1.807, 2.05) is 12.1 Å². The van der Waals surface area contributed by atoms with Crippen molar-refractivity contribution < 1.29 is 18.7 Å². The van der Waals surface area contributed by atoms with Crippen LogP contribution in [0.1, 0.15) is 5.56 Å². The number of benzene rings is 1. The molecule has 0 fully saturated rings. The lowest BCUT2D eigenvalue weighted by Crippen LogP contribution is -2.34. The van der Waals surface area contributed by atoms with E-state index in [1.54, 1.807) is 18.2 Å². The number of carbonyl (C=O) groups excluding carboxylic acids is 1. The van der Waals surface area contributed by atoms with E-state index in [1.165, 1.54) is 6.08 Å². The highest BCUT2D eigenvalue weighted by atomic mass is 79.9. The van der Waals surface area contributed by atoms with Crippen LogP contribution in [-0.2, 0) is 4.79 Å². The lowest BCUT2D eigenvalue weighted by molar-refractivity contribution is -0.117. The minimum atomic E-state index is -2.86. The zero-order chi connectivity index (χ0) is 13.5. The molecule has 1 rings (SSSR count). The topological polar surface area (TPSA) is 49.3 Å². The van der Waals surface area contributed by atoms with Crippen LogP contribution >= 0.6 is 15.9 Å². The minimum absolute atomic E-state index is 0.473. The number of alkyl halides is 2. The molecule has 2 N–H and O–H groups in total. The second kappa shape index (κ2) is 7.23. The van der Waals surface area contributed by atoms with Crippen molar-refractivity contribution in [2.24, 2.45) is 0 Å². The SMILES string of the molecule is O=C(/C=C/c1cccc(Br)c1)NCC(O)C(F)F. The van der Waals surface area contributed by atoms with E-state index in [-0.39, 0.29) is 0 Å². The van der Waals surface area contributed by atoms with Crippen LogP contribution in [0.4, 0.5) is 8.78 Å². The van der Waals surface area contributed by atoms with Crippen LogP contribution < -0.4 is 5.32 Å². The summed E-state index contributed by atoms with van der Waals surface area (Å²) < 4.78 is 24.8. The summed E-state index contributed by atoms with van der Waals surface area (Å²) in [5.74, 6) is -0.533. The van der Waals surface area contributed by atoms with E-state index in [2.05, 4.69) is 21.2 Å². The number of nitrogens with one attached hydrogen (secondary N) is 1. The Labute approximate surface area is 112 Å². The maximum absolute atomic E-state index is 11.9. The molecule has 0 saturated carbocycles. The molecule has 1 atom stereocenters. The quantitative estimate of drug-likeness (QED) is 0.817. The van der Waals surface area contributed by atoms with Gasteiger partial charge in [0.1, 0.15) is 6.10 Å². The summed E-state index contributed by atoms with van der Waals surface area (Å²) in [7, 11) is 0. The Bertz CT molecular complexity index is 438. The molecular weight excluding hydrogens is 308 g/mol. The standard InChI is InChI=1S/C12H12BrF2NO2/c13-9-3-1-2-8(6-9)4-5-11(18)16-7-10(17)12(14)15/h1-6,10,12,17H,7H2,(H,16,18)/b5-4+. The Morgan fingerprint density at radius 1 is 1.50 bits per heavy atom. The number of hydrogen-bond donors (Lipinski definition) is 2. The van der Waals surface area contributed by atoms with E-state index in [0.717, 1.165) is 10.0 Å². The molecule has 1 aromatic carbocycles. The molecule has 1 amide bonds. The first-order valence-corrected chi connectivity index (χ1v) is 5.96. The highest BCUT2D eigenvalue weighted by Gasteiger charge is 2.16. The molecule has 0 aromatic heterocycles. The Balaban J connectivity index is 2.45. The van der Waals surface area contributed by atoms with Gasteiger partial charge in [-0.3, -0.25) is 4.79 Å². The molecule has 0 radical (unpaired) electrons. The normalized spacial score (nSPS) is 12.9. The third kappa shape index (κ3) is 5.37. The fraction of sp³-hybridized carbons (Fsp3) is 0.250. The van der Waals surface area contributed by atoms with Gasteiger partial charge in [-0.05, 0) is 23.8 Å². The third-order valence-electron chi connectivity index (χ3n) is 2.05. The monoisotopic (exact) mass is 319 g/mol. The number of aliphatic hydroxyl groups is 1. The van der Waals surface area contributed by atoms with Gasteiger partial charge in [-0.25, -0.2) is 8.78 Å². The lowest BCUT2D eigenvalue weighted by Gasteiger charge is -2.08. The minimum Gasteiger partial charge on any atom is -0.385 e. The molecule has 1 aromatic rings. The Hall–Kier alpha value is -1.27. The van der Waals surface area contributed by atoms with Gasteiger partial charge in [0.25, 0.3) is 6.43 Å². The maximum atomic E-state index is 11.9. The zero-order valence-corrected chi connectivity index (χ0v) is 10.9. The van der Waals surface area contributed by atoms with E-state index in [4.69, 9.17) is 5.11 Å². The van der Waals surface area contributed by atoms with Crippen LogP contribution in [0.3, 0.4) is 0 Å². The predicted octanol–water partition coefficient (Wildman–Crippen LogP) is 2.20. The molecule has 0 aliphatic rings. The maximum Gasteiger partial charge on any atom is 0.265 e. The molecule has 18 heavy (non-hydrogen) atoms. The van der Waals surface area contributed by atoms with Crippen molar-refractivity contribution in [1.29, 1.82) is 0 Å². The molecule has 1 unspecified atom stereocenters. The van der Waals surface area contributed by atoms with Crippen molar-refractivity contribution in [2.45, 2.75) is 12.5 Å². The molecule has 0 bridgehead atoms. The first-order valence-electron chi connectivity index (χ1n) is 5.16. The number of hydrogen-bond acceptors (Lipinski definition) is 2. The van der Waals surface area contributed by atoms with Crippen molar-refractivity contribution in [1.82, 2.24) is 5.32 Å². The van der Waals surface area contributed by atoms with E-state index in [9.17, 15) is 13.6 Å². The van der Waals surface area contributed by atoms with Gasteiger partial charge in [-0.2, -0.15) is 0 Å². The predicted molar refractivity (Wildman–Crippen MR) is 68.2 cm³/mol. The number of carbonyl (C=O) groups is 1. The fourth-order valence-corrected chi connectivity index (χ4v) is 1.55. The zero-order valence-electron chi connectivity index (χ0n) is 9.32. The summed E-state index contributed by atoms with van der Waals surface area (Å²) in [6, 6.07) is 7.25. The van der Waals surface area contributed by atoms with Crippen LogP contribution in [0, 0.1) is 0 Å². The van der Waals surface area contributed by atoms with Gasteiger partial charge >= 0.3 is 0 Å². The van der Waals surface area contributed by atoms with Gasteiger partial charge in [-0.15, -0.1) is 0 Å². The summed E-state index contributed by atoms with van der Waals surface area (Å²) in [4.78, 5) is 11.3. The van der Waals surface area contributed by atoms with Crippen LogP contribution in [0.25, 0.3) is 6.08 Å². The van der Waals surface area contributed by atoms with Gasteiger partial charge in [0.05, 0.1) is 0 Å². The summed E-state index contributed by atoms with van der Waals surface area (Å²) in [5, 5.41) is 11.0. The fourth-order valence-electron chi connectivity index (χ4n) is 1.14. The summed E-state index contributed by atoms with van der Waals surface area (Å²) in [6.45, 7) is -0.473. The summed E-state index contributed by atoms with van der Waals surface area (Å²) in [6.07, 6.45) is -1.93. The Kier molecular flexibility index (Phi) is 5.94. The van der Waals surface area contributed by atoms with Crippen molar-refractivity contribution >= 4 is 27.9 Å². The van der Waals surface area contributed by atoms with Crippen molar-refractivity contribution in [3.05, 3.63) is 40.4 Å². The Morgan fingerprint density at radius 3 is 2.83 bits per heavy atom. The third-order valence-corrected chi connectivity index (χ3v) is 2.55.